The van der Waals surface area contributed by atoms with Crippen molar-refractivity contribution in [1.82, 2.24) is 0 Å². The number of esters is 1. The van der Waals surface area contributed by atoms with Gasteiger partial charge in [-0.1, -0.05) is 26.2 Å². The number of unbranched alkanes of at least 4 members (excludes halogenated alkanes) is 2. The first-order valence-corrected chi connectivity index (χ1v) is 6.90. The molecule has 0 aromatic rings. The Labute approximate surface area is 110 Å². The molecule has 0 saturated carbocycles. The molecule has 0 radical (unpaired) electrons. The molecule has 0 aromatic carbocycles. The van der Waals surface area contributed by atoms with E-state index in [1.54, 1.807) is 7.11 Å². The van der Waals surface area contributed by atoms with E-state index in [0.717, 1.165) is 19.3 Å². The van der Waals surface area contributed by atoms with E-state index in [4.69, 9.17) is 14.2 Å². The van der Waals surface area contributed by atoms with Crippen molar-refractivity contribution >= 4 is 5.97 Å². The van der Waals surface area contributed by atoms with Crippen LogP contribution in [0.15, 0.2) is 0 Å². The van der Waals surface area contributed by atoms with E-state index in [1.807, 2.05) is 6.92 Å². The molecule has 0 bridgehead atoms. The van der Waals surface area contributed by atoms with Crippen LogP contribution in [0.4, 0.5) is 0 Å². The van der Waals surface area contributed by atoms with E-state index < -0.39 is 5.79 Å². The highest BCUT2D eigenvalue weighted by Crippen LogP contribution is 2.39. The van der Waals surface area contributed by atoms with E-state index in [9.17, 15) is 4.79 Å². The zero-order valence-corrected chi connectivity index (χ0v) is 12.0. The molecular formula is C14H26O4. The molecule has 0 aromatic heterocycles. The Balaban J connectivity index is 2.55. The summed E-state index contributed by atoms with van der Waals surface area (Å²) in [6.45, 7) is 4.00. The maximum atomic E-state index is 11.6. The number of carbonyl (C=O) groups is 1. The second kappa shape index (κ2) is 7.10. The van der Waals surface area contributed by atoms with E-state index in [0.29, 0.717) is 0 Å². The molecule has 3 atom stereocenters. The van der Waals surface area contributed by atoms with E-state index >= 15 is 0 Å². The van der Waals surface area contributed by atoms with Gasteiger partial charge >= 0.3 is 5.97 Å². The molecule has 0 aliphatic carbocycles. The molecule has 3 unspecified atom stereocenters. The lowest BCUT2D eigenvalue weighted by Gasteiger charge is -2.32. The quantitative estimate of drug-likeness (QED) is 0.520. The van der Waals surface area contributed by atoms with Crippen molar-refractivity contribution in [1.29, 1.82) is 0 Å². The van der Waals surface area contributed by atoms with Crippen molar-refractivity contribution in [3.63, 3.8) is 0 Å². The average molecular weight is 258 g/mol. The number of hydrogen-bond donors (Lipinski definition) is 0. The molecule has 1 saturated heterocycles. The molecule has 0 amide bonds. The fourth-order valence-corrected chi connectivity index (χ4v) is 2.59. The van der Waals surface area contributed by atoms with Crippen LogP contribution in [0.2, 0.25) is 0 Å². The first-order chi connectivity index (χ1) is 8.59. The van der Waals surface area contributed by atoms with Gasteiger partial charge in [-0.15, -0.1) is 0 Å². The summed E-state index contributed by atoms with van der Waals surface area (Å²) < 4.78 is 16.3. The molecule has 106 valence electrons. The van der Waals surface area contributed by atoms with Crippen molar-refractivity contribution in [2.45, 2.75) is 64.3 Å². The average Bonchev–Trinajstić information content (AvgIpc) is 2.82. The van der Waals surface area contributed by atoms with Crippen molar-refractivity contribution in [2.75, 3.05) is 14.2 Å². The fourth-order valence-electron chi connectivity index (χ4n) is 2.59. The van der Waals surface area contributed by atoms with Crippen LogP contribution in [-0.4, -0.2) is 32.1 Å². The van der Waals surface area contributed by atoms with E-state index in [2.05, 4.69) is 6.92 Å². The summed E-state index contributed by atoms with van der Waals surface area (Å²) in [5, 5.41) is 0. The highest BCUT2D eigenvalue weighted by molar-refractivity contribution is 5.73. The minimum Gasteiger partial charge on any atom is -0.469 e. The highest BCUT2D eigenvalue weighted by atomic mass is 16.7. The highest BCUT2D eigenvalue weighted by Gasteiger charge is 2.48. The van der Waals surface area contributed by atoms with Crippen molar-refractivity contribution < 1.29 is 19.0 Å². The summed E-state index contributed by atoms with van der Waals surface area (Å²) >= 11 is 0. The van der Waals surface area contributed by atoms with Gasteiger partial charge in [-0.05, 0) is 19.8 Å². The van der Waals surface area contributed by atoms with Gasteiger partial charge in [-0.3, -0.25) is 4.79 Å². The van der Waals surface area contributed by atoms with Crippen molar-refractivity contribution in [3.8, 4) is 0 Å². The normalized spacial score (nSPS) is 29.2. The second-order valence-electron chi connectivity index (χ2n) is 5.04. The Kier molecular flexibility index (Phi) is 6.09. The Morgan fingerprint density at radius 2 is 2.17 bits per heavy atom. The van der Waals surface area contributed by atoms with Crippen LogP contribution in [0.3, 0.4) is 0 Å². The van der Waals surface area contributed by atoms with Crippen LogP contribution in [0.5, 0.6) is 0 Å². The summed E-state index contributed by atoms with van der Waals surface area (Å²) in [4.78, 5) is 11.6. The fraction of sp³-hybridized carbons (Fsp3) is 0.929. The minimum absolute atomic E-state index is 0.212. The van der Waals surface area contributed by atoms with Gasteiger partial charge in [0.15, 0.2) is 5.79 Å². The largest absolute Gasteiger partial charge is 0.469 e. The summed E-state index contributed by atoms with van der Waals surface area (Å²) in [7, 11) is 3.00. The van der Waals surface area contributed by atoms with Crippen LogP contribution >= 0.6 is 0 Å². The lowest BCUT2D eigenvalue weighted by molar-refractivity contribution is -0.243. The van der Waals surface area contributed by atoms with Gasteiger partial charge in [0.25, 0.3) is 0 Å². The molecule has 1 aliphatic rings. The molecule has 1 aliphatic heterocycles. The lowest BCUT2D eigenvalue weighted by atomic mass is 9.97. The van der Waals surface area contributed by atoms with Crippen LogP contribution in [0.1, 0.15) is 52.4 Å². The molecule has 1 rings (SSSR count). The Morgan fingerprint density at radius 3 is 2.72 bits per heavy atom. The van der Waals surface area contributed by atoms with Crippen LogP contribution in [0, 0.1) is 5.92 Å². The number of rotatable bonds is 7. The molecule has 18 heavy (non-hydrogen) atoms. The van der Waals surface area contributed by atoms with Gasteiger partial charge < -0.3 is 14.2 Å². The van der Waals surface area contributed by atoms with Gasteiger partial charge in [0.1, 0.15) is 5.92 Å². The maximum absolute atomic E-state index is 11.6. The first kappa shape index (κ1) is 15.4. The van der Waals surface area contributed by atoms with Crippen molar-refractivity contribution in [2.24, 2.45) is 5.92 Å². The molecule has 4 nitrogen and oxygen atoms in total. The molecule has 4 heteroatoms. The number of ether oxygens (including phenoxy) is 3. The first-order valence-electron chi connectivity index (χ1n) is 6.90. The monoisotopic (exact) mass is 258 g/mol. The van der Waals surface area contributed by atoms with Gasteiger partial charge in [0.05, 0.1) is 13.2 Å². The van der Waals surface area contributed by atoms with E-state index in [-0.39, 0.29) is 18.0 Å². The van der Waals surface area contributed by atoms with Gasteiger partial charge in [-0.2, -0.15) is 0 Å². The molecule has 0 N–H and O–H groups in total. The summed E-state index contributed by atoms with van der Waals surface area (Å²) in [6, 6.07) is 0. The molecular weight excluding hydrogens is 232 g/mol. The van der Waals surface area contributed by atoms with Crippen molar-refractivity contribution in [3.05, 3.63) is 0 Å². The standard InChI is InChI=1S/C14H26O4/c1-5-6-7-8-12-9-10-14(17-4,18-12)11(2)13(15)16-3/h11-12H,5-10H2,1-4H3. The van der Waals surface area contributed by atoms with Crippen LogP contribution in [-0.2, 0) is 19.0 Å². The summed E-state index contributed by atoms with van der Waals surface area (Å²) in [6.07, 6.45) is 6.59. The second-order valence-corrected chi connectivity index (χ2v) is 5.04. The molecule has 1 heterocycles. The van der Waals surface area contributed by atoms with Gasteiger partial charge in [0.2, 0.25) is 0 Å². The zero-order valence-electron chi connectivity index (χ0n) is 12.0. The third-order valence-electron chi connectivity index (χ3n) is 3.87. The topological polar surface area (TPSA) is 44.8 Å². The summed E-state index contributed by atoms with van der Waals surface area (Å²) in [5.74, 6) is -1.45. The van der Waals surface area contributed by atoms with Gasteiger partial charge in [-0.25, -0.2) is 0 Å². The van der Waals surface area contributed by atoms with Crippen LogP contribution < -0.4 is 0 Å². The van der Waals surface area contributed by atoms with Gasteiger partial charge in [0, 0.05) is 13.5 Å². The van der Waals surface area contributed by atoms with E-state index in [1.165, 1.54) is 26.4 Å². The number of methoxy groups -OCH3 is 2. The number of hydrogen-bond acceptors (Lipinski definition) is 4. The molecule has 1 fully saturated rings. The molecule has 0 spiro atoms. The third-order valence-corrected chi connectivity index (χ3v) is 3.87. The Bertz CT molecular complexity index is 267. The predicted octanol–water partition coefficient (Wildman–Crippen LogP) is 2.90. The zero-order chi connectivity index (χ0) is 13.6. The van der Waals surface area contributed by atoms with Crippen LogP contribution in [0.25, 0.3) is 0 Å². The smallest absolute Gasteiger partial charge is 0.313 e. The Hall–Kier alpha value is -0.610. The third kappa shape index (κ3) is 3.45. The minimum atomic E-state index is -0.788. The summed E-state index contributed by atoms with van der Waals surface area (Å²) in [5.41, 5.74) is 0. The maximum Gasteiger partial charge on any atom is 0.313 e. The predicted molar refractivity (Wildman–Crippen MR) is 69.2 cm³/mol. The Morgan fingerprint density at radius 1 is 1.44 bits per heavy atom. The number of carbonyl (C=O) groups excluding carboxylic acids is 1. The lowest BCUT2D eigenvalue weighted by Crippen LogP contribution is -2.43. The SMILES string of the molecule is CCCCCC1CCC(OC)(C(C)C(=O)OC)O1.